The second-order valence-electron chi connectivity index (χ2n) is 19.6. The molecule has 69 heavy (non-hydrogen) atoms. The number of esters is 1. The molecule has 0 aliphatic carbocycles. The predicted molar refractivity (Wildman–Crippen MR) is 262 cm³/mol. The second-order valence-corrected chi connectivity index (χ2v) is 19.6. The maximum absolute atomic E-state index is 13.8. The number of benzene rings is 1. The van der Waals surface area contributed by atoms with Gasteiger partial charge in [-0.2, -0.15) is 0 Å². The van der Waals surface area contributed by atoms with Crippen molar-refractivity contribution in [2.75, 3.05) is 6.54 Å². The number of Topliss-reactive ketones (excluding diaryl/α,β-unsaturated/α-hetero) is 1. The molecule has 2 aliphatic heterocycles. The van der Waals surface area contributed by atoms with Gasteiger partial charge in [0.25, 0.3) is 5.91 Å². The van der Waals surface area contributed by atoms with Crippen LogP contribution in [0.25, 0.3) is 0 Å². The molecule has 1 aromatic rings. The van der Waals surface area contributed by atoms with Crippen LogP contribution in [0.5, 0.6) is 5.75 Å². The molecule has 2 saturated heterocycles. The molecule has 386 valence electrons. The zero-order valence-electron chi connectivity index (χ0n) is 42.0. The Balaban J connectivity index is 1.70. The first-order valence-corrected chi connectivity index (χ1v) is 24.3. The molecule has 11 N–H and O–H groups in total. The van der Waals surface area contributed by atoms with Crippen LogP contribution in [0.1, 0.15) is 118 Å². The number of carbonyl (C=O) groups is 5. The number of ether oxygens (including phenoxy) is 2. The minimum absolute atomic E-state index is 0.0689. The molecule has 0 radical (unpaired) electrons. The van der Waals surface area contributed by atoms with Crippen LogP contribution in [-0.4, -0.2) is 121 Å². The van der Waals surface area contributed by atoms with Crippen molar-refractivity contribution in [3.63, 3.8) is 0 Å². The molecule has 0 spiro atoms. The van der Waals surface area contributed by atoms with Crippen LogP contribution in [0.4, 0.5) is 0 Å². The van der Waals surface area contributed by atoms with Crippen molar-refractivity contribution in [3.05, 3.63) is 77.4 Å². The molecule has 2 fully saturated rings. The highest BCUT2D eigenvalue weighted by Gasteiger charge is 2.49. The summed E-state index contributed by atoms with van der Waals surface area (Å²) in [6, 6.07) is 3.37. The maximum Gasteiger partial charge on any atom is 0.325 e. The lowest BCUT2D eigenvalue weighted by Gasteiger charge is -2.49. The van der Waals surface area contributed by atoms with Gasteiger partial charge < -0.3 is 56.6 Å². The number of carbonyl (C=O) groups excluding carboxylic acids is 5. The van der Waals surface area contributed by atoms with E-state index in [1.807, 2.05) is 45.9 Å². The number of aryl methyl sites for hydroxylation is 1. The molecule has 0 bridgehead atoms. The van der Waals surface area contributed by atoms with Gasteiger partial charge in [-0.1, -0.05) is 82.4 Å². The zero-order valence-corrected chi connectivity index (χ0v) is 42.0. The van der Waals surface area contributed by atoms with E-state index in [2.05, 4.69) is 10.7 Å². The van der Waals surface area contributed by atoms with Crippen molar-refractivity contribution >= 4 is 29.5 Å². The van der Waals surface area contributed by atoms with Gasteiger partial charge in [-0.25, -0.2) is 5.43 Å². The monoisotopic (exact) mass is 968 g/mol. The van der Waals surface area contributed by atoms with E-state index in [-0.39, 0.29) is 67.3 Å². The van der Waals surface area contributed by atoms with Crippen molar-refractivity contribution in [2.24, 2.45) is 41.1 Å². The number of nitrogens with zero attached hydrogens (tertiary/aromatic N) is 1. The molecular weight excluding hydrogens is 887 g/mol. The molecule has 2 heterocycles. The number of rotatable bonds is 25. The predicted octanol–water partition coefficient (Wildman–Crippen LogP) is 3.86. The van der Waals surface area contributed by atoms with Gasteiger partial charge in [0.05, 0.1) is 42.5 Å². The normalized spacial score (nSPS) is 26.0. The average molecular weight is 968 g/mol. The van der Waals surface area contributed by atoms with E-state index in [1.165, 1.54) is 24.9 Å². The summed E-state index contributed by atoms with van der Waals surface area (Å²) in [4.78, 5) is 62.7. The van der Waals surface area contributed by atoms with Crippen molar-refractivity contribution in [1.82, 2.24) is 15.8 Å². The van der Waals surface area contributed by atoms with E-state index in [4.69, 9.17) is 20.9 Å². The standard InChI is InChI=1S/C52H81N5O12/c1-30(44(62)29-46-35(6)47(63)36(7)52(9,69-46)55-37(8)59)17-12-10-13-18-32(3)45(21-15-11-14-20-42(60)34(5)48(64)39(49(54)65)25-23-33(4)58)68-51(67)41-19-16-26-57(56-41)50(66)40(53)27-38-24-22-31(2)43(61)28-38/h10-11,13-15,18,20,22,24,28,30,34-36,39-42,44-48,56,60-64H,12,16-17,19,21,23,25-27,29,53H2,1-9H3,(H2,54,65)(H,55,59)/b13-10+,15-11+,20-14+,32-18+/t30-,34-,35-,36-,39+,40-,41?,42-,44-,45-,46-,47-,48+,52+/m0/s1. The maximum atomic E-state index is 13.8. The minimum Gasteiger partial charge on any atom is -0.508 e. The van der Waals surface area contributed by atoms with Crippen LogP contribution in [0.15, 0.2) is 66.3 Å². The van der Waals surface area contributed by atoms with Crippen molar-refractivity contribution in [1.29, 1.82) is 0 Å². The first-order valence-electron chi connectivity index (χ1n) is 24.3. The third-order valence-electron chi connectivity index (χ3n) is 13.9. The zero-order chi connectivity index (χ0) is 51.7. The number of aromatic hydroxyl groups is 1. The van der Waals surface area contributed by atoms with Gasteiger partial charge in [0.2, 0.25) is 11.8 Å². The molecule has 3 rings (SSSR count). The van der Waals surface area contributed by atoms with E-state index in [1.54, 1.807) is 57.2 Å². The largest absolute Gasteiger partial charge is 0.508 e. The summed E-state index contributed by atoms with van der Waals surface area (Å²) in [7, 11) is 0. The third kappa shape index (κ3) is 17.9. The summed E-state index contributed by atoms with van der Waals surface area (Å²) < 4.78 is 12.4. The summed E-state index contributed by atoms with van der Waals surface area (Å²) >= 11 is 0. The smallest absolute Gasteiger partial charge is 0.325 e. The Morgan fingerprint density at radius 1 is 1.04 bits per heavy atom. The number of phenols is 1. The van der Waals surface area contributed by atoms with Crippen molar-refractivity contribution in [2.45, 2.75) is 175 Å². The number of aliphatic hydroxyl groups excluding tert-OH is 4. The molecule has 3 amide bonds. The number of nitrogens with one attached hydrogen (secondary N) is 2. The number of aliphatic hydroxyl groups is 4. The van der Waals surface area contributed by atoms with Crippen LogP contribution >= 0.6 is 0 Å². The van der Waals surface area contributed by atoms with Gasteiger partial charge in [-0.3, -0.25) is 24.2 Å². The number of hydrazine groups is 1. The Kier molecular flexibility index (Phi) is 23.4. The summed E-state index contributed by atoms with van der Waals surface area (Å²) in [6.45, 7) is 15.7. The lowest BCUT2D eigenvalue weighted by Crippen LogP contribution is -2.63. The molecule has 17 heteroatoms. The van der Waals surface area contributed by atoms with Gasteiger partial charge in [0.15, 0.2) is 0 Å². The Hall–Kier alpha value is -4.75. The highest BCUT2D eigenvalue weighted by atomic mass is 16.5. The second kappa shape index (κ2) is 27.6. The number of primary amides is 1. The number of nitrogens with two attached hydrogens (primary N) is 2. The molecule has 17 nitrogen and oxygen atoms in total. The summed E-state index contributed by atoms with van der Waals surface area (Å²) in [5.41, 5.74) is 15.9. The average Bonchev–Trinajstić information content (AvgIpc) is 3.29. The SMILES string of the molecule is CC(=O)CC[C@@H](C(N)=O)[C@H](O)[C@@H](C)[C@@H](O)/C=C/C=C/C[C@H](OC(=O)C1CCCN(C(=O)[C@@H](N)Cc2ccc(C)c(O)c2)N1)/C(C)=C/C=C/CC[C@H](C)[C@@H](O)C[C@@H]1O[C@@](C)(NC(C)=O)[C@@H](C)[C@@H](O)[C@H]1C. The molecule has 1 unspecified atom stereocenters. The Labute approximate surface area is 408 Å². The number of phenolic OH excluding ortho intramolecular Hbond substituents is 1. The quantitative estimate of drug-likeness (QED) is 0.0497. The van der Waals surface area contributed by atoms with E-state index in [9.17, 15) is 49.5 Å². The number of amides is 3. The number of hydrogen-bond donors (Lipinski definition) is 9. The van der Waals surface area contributed by atoms with Gasteiger partial charge in [-0.05, 0) is 94.9 Å². The first-order chi connectivity index (χ1) is 32.4. The van der Waals surface area contributed by atoms with Crippen LogP contribution < -0.4 is 22.2 Å². The van der Waals surface area contributed by atoms with Crippen LogP contribution in [-0.2, 0) is 39.9 Å². The van der Waals surface area contributed by atoms with Crippen molar-refractivity contribution in [3.8, 4) is 5.75 Å². The lowest BCUT2D eigenvalue weighted by molar-refractivity contribution is -0.233. The van der Waals surface area contributed by atoms with Gasteiger partial charge >= 0.3 is 5.97 Å². The third-order valence-corrected chi connectivity index (χ3v) is 13.9. The van der Waals surface area contributed by atoms with Gasteiger partial charge in [0, 0.05) is 50.5 Å². The molecule has 0 aromatic heterocycles. The molecule has 2 aliphatic rings. The highest BCUT2D eigenvalue weighted by molar-refractivity contribution is 5.83. The molecular formula is C52H81N5O12. The fraction of sp³-hybridized carbons (Fsp3) is 0.635. The lowest BCUT2D eigenvalue weighted by atomic mass is 9.77. The minimum atomic E-state index is -1.28. The molecule has 14 atom stereocenters. The fourth-order valence-corrected chi connectivity index (χ4v) is 8.76. The summed E-state index contributed by atoms with van der Waals surface area (Å²) in [6.07, 6.45) is 10.0. The van der Waals surface area contributed by atoms with Crippen molar-refractivity contribution < 1.29 is 59.0 Å². The number of allylic oxidation sites excluding steroid dienone is 5. The Morgan fingerprint density at radius 2 is 1.74 bits per heavy atom. The Bertz CT molecular complexity index is 2010. The topological polar surface area (TPSA) is 284 Å². The van der Waals surface area contributed by atoms with E-state index >= 15 is 0 Å². The first kappa shape index (κ1) is 58.6. The summed E-state index contributed by atoms with van der Waals surface area (Å²) in [5, 5.41) is 58.1. The number of ketones is 1. The van der Waals surface area contributed by atoms with E-state index < -0.39 is 84.1 Å². The fourth-order valence-electron chi connectivity index (χ4n) is 8.76. The van der Waals surface area contributed by atoms with Gasteiger partial charge in [0.1, 0.15) is 29.4 Å². The molecule has 0 saturated carbocycles. The van der Waals surface area contributed by atoms with E-state index in [0.29, 0.717) is 48.9 Å². The van der Waals surface area contributed by atoms with Crippen LogP contribution in [0.3, 0.4) is 0 Å². The van der Waals surface area contributed by atoms with Gasteiger partial charge in [-0.15, -0.1) is 0 Å². The highest BCUT2D eigenvalue weighted by Crippen LogP contribution is 2.38. The van der Waals surface area contributed by atoms with Crippen LogP contribution in [0.2, 0.25) is 0 Å². The Morgan fingerprint density at radius 3 is 2.38 bits per heavy atom. The summed E-state index contributed by atoms with van der Waals surface area (Å²) in [5.74, 6) is -4.55. The molecule has 1 aromatic carbocycles. The number of hydrogen-bond acceptors (Lipinski definition) is 14. The van der Waals surface area contributed by atoms with E-state index in [0.717, 1.165) is 0 Å². The van der Waals surface area contributed by atoms with Crippen LogP contribution in [0, 0.1) is 36.5 Å².